The molecule has 0 unspecified atom stereocenters. The summed E-state index contributed by atoms with van der Waals surface area (Å²) in [4.78, 5) is 3.06. The number of nitrogens with zero attached hydrogens (tertiary/aromatic N) is 6. The number of benzene rings is 1. The van der Waals surface area contributed by atoms with Crippen molar-refractivity contribution in [1.82, 2.24) is 19.1 Å². The fourth-order valence-electron chi connectivity index (χ4n) is 2.59. The van der Waals surface area contributed by atoms with Crippen LogP contribution in [0, 0.1) is 6.92 Å². The molecule has 0 bridgehead atoms. The Morgan fingerprint density at radius 1 is 1.07 bits per heavy atom. The summed E-state index contributed by atoms with van der Waals surface area (Å²) in [7, 11) is -14.1. The van der Waals surface area contributed by atoms with Crippen molar-refractivity contribution in [3.63, 3.8) is 0 Å². The Labute approximate surface area is 302 Å². The molecule has 0 radical (unpaired) electrons. The van der Waals surface area contributed by atoms with Gasteiger partial charge in [0.05, 0.1) is 49.9 Å². The molecule has 2 heterocycles. The first kappa shape index (κ1) is 40.4. The van der Waals surface area contributed by atoms with Crippen LogP contribution in [0.1, 0.15) is 5.69 Å². The average Bonchev–Trinajstić information content (AvgIpc) is 3.39. The van der Waals surface area contributed by atoms with E-state index in [1.807, 2.05) is 0 Å². The molecule has 26 heteroatoms. The average molecular weight is 684 g/mol. The number of nitrogens with two attached hydrogens (primary N) is 1. The molecule has 0 saturated carbocycles. The van der Waals surface area contributed by atoms with E-state index in [4.69, 9.17) is 5.73 Å². The maximum Gasteiger partial charge on any atom is 1.00 e. The van der Waals surface area contributed by atoms with Gasteiger partial charge in [-0.2, -0.15) is 18.8 Å². The van der Waals surface area contributed by atoms with E-state index < -0.39 is 51.6 Å². The summed E-state index contributed by atoms with van der Waals surface area (Å²) in [6.45, 7) is 1.42. The Hall–Kier alpha value is 0.390. The van der Waals surface area contributed by atoms with E-state index in [0.29, 0.717) is 23.6 Å². The van der Waals surface area contributed by atoms with Gasteiger partial charge in [-0.05, 0) is 25.1 Å². The van der Waals surface area contributed by atoms with Crippen LogP contribution in [-0.2, 0) is 39.4 Å². The van der Waals surface area contributed by atoms with Crippen molar-refractivity contribution in [2.75, 3.05) is 17.2 Å². The standard InChI is InChI=1S/C14H15N7O11S5.3Na/c1-7-11(17-18-13-16-14(20-33-13)35(23,24)4-5-36(25,26)27)12(15)21(19-7)9-6-8(34-32-31-22)2-3-10(9)37(28,29)30;;;/h2-3,6,22H,4-5,15H2,1H3,(H,25,26,27)(H,28,29,30);;;/q;3*+1/p-3. The number of azo groups is 1. The molecule has 40 heavy (non-hydrogen) atoms. The minimum atomic E-state index is -5.01. The first-order chi connectivity index (χ1) is 17.1. The van der Waals surface area contributed by atoms with Crippen LogP contribution in [0.4, 0.5) is 16.6 Å². The summed E-state index contributed by atoms with van der Waals surface area (Å²) < 4.78 is 100. The Morgan fingerprint density at radius 3 is 2.30 bits per heavy atom. The number of hydrogen-bond donors (Lipinski definition) is 1. The molecule has 0 aliphatic heterocycles. The summed E-state index contributed by atoms with van der Waals surface area (Å²) in [5, 5.41) is 23.9. The topological polar surface area (TPSA) is 284 Å². The first-order valence-corrected chi connectivity index (χ1v) is 15.3. The SMILES string of the molecule is Cc1nn(-c2cc(SOO[O-])ccc2S(=O)(=O)[O-])c(N)c1N=Nc1nc(S(=O)(=O)CCS(=O)(=O)[O-])ns1.[Na+].[Na+].[Na+]. The van der Waals surface area contributed by atoms with Crippen LogP contribution < -0.4 is 99.7 Å². The largest absolute Gasteiger partial charge is 1.00 e. The van der Waals surface area contributed by atoms with Crippen molar-refractivity contribution in [3.05, 3.63) is 23.9 Å². The number of nitrogen functional groups attached to an aromatic ring is 1. The Kier molecular flexibility index (Phi) is 16.6. The summed E-state index contributed by atoms with van der Waals surface area (Å²) in [5.41, 5.74) is 5.72. The normalized spacial score (nSPS) is 12.0. The molecule has 202 valence electrons. The summed E-state index contributed by atoms with van der Waals surface area (Å²) >= 11 is 0.901. The van der Waals surface area contributed by atoms with E-state index in [9.17, 15) is 39.6 Å². The van der Waals surface area contributed by atoms with Crippen molar-refractivity contribution in [1.29, 1.82) is 0 Å². The molecule has 3 rings (SSSR count). The molecule has 0 spiro atoms. The van der Waals surface area contributed by atoms with Crippen LogP contribution in [0.15, 0.2) is 43.4 Å². The second-order valence-corrected chi connectivity index (χ2v) is 13.1. The predicted octanol–water partition coefficient (Wildman–Crippen LogP) is -9.50. The van der Waals surface area contributed by atoms with Crippen molar-refractivity contribution in [3.8, 4) is 5.69 Å². The van der Waals surface area contributed by atoms with Gasteiger partial charge in [0, 0.05) is 16.4 Å². The van der Waals surface area contributed by atoms with Crippen LogP contribution in [0.5, 0.6) is 0 Å². The molecule has 0 atom stereocenters. The number of sulfone groups is 1. The van der Waals surface area contributed by atoms with Crippen molar-refractivity contribution in [2.24, 2.45) is 10.2 Å². The zero-order chi connectivity index (χ0) is 27.6. The molecule has 18 nitrogen and oxygen atoms in total. The minimum absolute atomic E-state index is 0. The van der Waals surface area contributed by atoms with Crippen molar-refractivity contribution < 1.29 is 138 Å². The molecule has 2 N–H and O–H groups in total. The van der Waals surface area contributed by atoms with Gasteiger partial charge in [-0.1, -0.05) is 0 Å². The van der Waals surface area contributed by atoms with Gasteiger partial charge in [0.15, 0.2) is 11.5 Å². The van der Waals surface area contributed by atoms with E-state index in [1.165, 1.54) is 13.0 Å². The molecule has 0 aliphatic carbocycles. The Morgan fingerprint density at radius 2 is 1.73 bits per heavy atom. The number of hydrogen-bond acceptors (Lipinski definition) is 19. The molecular weight excluding hydrogens is 671 g/mol. The molecule has 0 aliphatic rings. The molecule has 0 amide bonds. The smallest absolute Gasteiger partial charge is 0.748 e. The quantitative estimate of drug-likeness (QED) is 0.0490. The first-order valence-electron chi connectivity index (χ1n) is 9.13. The van der Waals surface area contributed by atoms with Gasteiger partial charge in [-0.15, -0.1) is 10.2 Å². The van der Waals surface area contributed by atoms with Crippen LogP contribution in [-0.4, -0.2) is 65.0 Å². The van der Waals surface area contributed by atoms with E-state index in [1.54, 1.807) is 0 Å². The van der Waals surface area contributed by atoms with E-state index in [-0.39, 0.29) is 122 Å². The van der Waals surface area contributed by atoms with Gasteiger partial charge >= 0.3 is 88.7 Å². The zero-order valence-electron chi connectivity index (χ0n) is 20.9. The molecule has 1 aromatic carbocycles. The van der Waals surface area contributed by atoms with Crippen molar-refractivity contribution in [2.45, 2.75) is 21.9 Å². The molecule has 0 saturated heterocycles. The van der Waals surface area contributed by atoms with Gasteiger partial charge < -0.3 is 20.1 Å². The number of aromatic nitrogens is 4. The van der Waals surface area contributed by atoms with E-state index in [0.717, 1.165) is 16.8 Å². The maximum absolute atomic E-state index is 12.1. The summed E-state index contributed by atoms with van der Waals surface area (Å²) in [6, 6.07) is 3.23. The van der Waals surface area contributed by atoms with Crippen molar-refractivity contribution >= 4 is 70.3 Å². The summed E-state index contributed by atoms with van der Waals surface area (Å²) in [6.07, 6.45) is 0. The van der Waals surface area contributed by atoms with Crippen LogP contribution in [0.3, 0.4) is 0 Å². The summed E-state index contributed by atoms with van der Waals surface area (Å²) in [5.74, 6) is -2.48. The second kappa shape index (κ2) is 16.5. The number of rotatable bonds is 11. The van der Waals surface area contributed by atoms with Gasteiger partial charge in [-0.3, -0.25) is 5.04 Å². The third-order valence-corrected chi connectivity index (χ3v) is 8.77. The molecule has 2 aromatic heterocycles. The van der Waals surface area contributed by atoms with Crippen LogP contribution in [0.25, 0.3) is 5.69 Å². The van der Waals surface area contributed by atoms with E-state index in [2.05, 4.69) is 34.1 Å². The zero-order valence-corrected chi connectivity index (χ0v) is 31.0. The minimum Gasteiger partial charge on any atom is -0.748 e. The monoisotopic (exact) mass is 683 g/mol. The predicted molar refractivity (Wildman–Crippen MR) is 119 cm³/mol. The maximum atomic E-state index is 12.1. The molecule has 3 aromatic rings. The number of anilines is 1. The van der Waals surface area contributed by atoms with Gasteiger partial charge in [-0.25, -0.2) is 29.9 Å². The third kappa shape index (κ3) is 10.8. The van der Waals surface area contributed by atoms with Gasteiger partial charge in [0.25, 0.3) is 5.16 Å². The third-order valence-electron chi connectivity index (χ3n) is 4.16. The second-order valence-electron chi connectivity index (χ2n) is 6.67. The van der Waals surface area contributed by atoms with E-state index >= 15 is 0 Å². The van der Waals surface area contributed by atoms with Gasteiger partial charge in [0.1, 0.15) is 10.1 Å². The number of aryl methyl sites for hydroxylation is 1. The fraction of sp³-hybridized carbons (Fsp3) is 0.214. The van der Waals surface area contributed by atoms with Gasteiger partial charge in [0.2, 0.25) is 15.0 Å². The molecule has 0 fully saturated rings. The molecular formula is C14H12N7Na3O11S5. The Balaban J connectivity index is 0.00000507. The van der Waals surface area contributed by atoms with Crippen LogP contribution in [0.2, 0.25) is 0 Å². The fourth-order valence-corrected chi connectivity index (χ4v) is 6.75. The Bertz CT molecular complexity index is 1680. The van der Waals surface area contributed by atoms with Crippen LogP contribution >= 0.6 is 23.6 Å².